The van der Waals surface area contributed by atoms with Crippen LogP contribution in [-0.4, -0.2) is 121 Å². The van der Waals surface area contributed by atoms with Crippen molar-refractivity contribution in [1.29, 1.82) is 0 Å². The molecule has 224 valence electrons. The van der Waals surface area contributed by atoms with Crippen molar-refractivity contribution >= 4 is 34.9 Å². The zero-order chi connectivity index (χ0) is 30.7. The van der Waals surface area contributed by atoms with Crippen LogP contribution in [0.1, 0.15) is 27.9 Å². The van der Waals surface area contributed by atoms with E-state index in [0.29, 0.717) is 11.3 Å². The van der Waals surface area contributed by atoms with Crippen LogP contribution in [0.5, 0.6) is 5.75 Å². The number of ketones is 3. The second-order valence-electron chi connectivity index (χ2n) is 12.1. The van der Waals surface area contributed by atoms with Gasteiger partial charge in [-0.2, -0.15) is 0 Å². The third kappa shape index (κ3) is 4.80. The lowest BCUT2D eigenvalue weighted by Gasteiger charge is -2.55. The summed E-state index contributed by atoms with van der Waals surface area (Å²) < 4.78 is 0. The van der Waals surface area contributed by atoms with Gasteiger partial charge in [0.2, 0.25) is 11.8 Å². The van der Waals surface area contributed by atoms with E-state index in [1.807, 2.05) is 0 Å². The van der Waals surface area contributed by atoms with E-state index in [1.165, 1.54) is 0 Å². The van der Waals surface area contributed by atoms with E-state index in [9.17, 15) is 39.3 Å². The van der Waals surface area contributed by atoms with Crippen LogP contribution in [-0.2, 0) is 32.1 Å². The SMILES string of the molecule is CN(C)CC(=O)NCc1cc(N(C)C)c2c(c1O)C(=O)C1C(=O)[C@@]3(O)C(=O)C(C(N)=O)C(O)C(N(C)C)[C@H]3C[C@H]1C2. The number of benzene rings is 1. The highest BCUT2D eigenvalue weighted by Crippen LogP contribution is 2.52. The zero-order valence-corrected chi connectivity index (χ0v) is 24.2. The molecule has 13 nitrogen and oxygen atoms in total. The molecule has 0 saturated heterocycles. The molecule has 0 aromatic heterocycles. The molecule has 0 radical (unpaired) electrons. The van der Waals surface area contributed by atoms with E-state index in [-0.39, 0.29) is 48.7 Å². The number of Topliss-reactive ketones (excluding diaryl/α,β-unsaturated/α-hetero) is 3. The predicted molar refractivity (Wildman–Crippen MR) is 147 cm³/mol. The Morgan fingerprint density at radius 2 is 1.73 bits per heavy atom. The summed E-state index contributed by atoms with van der Waals surface area (Å²) in [6, 6.07) is 0.721. The van der Waals surface area contributed by atoms with Crippen molar-refractivity contribution in [1.82, 2.24) is 15.1 Å². The van der Waals surface area contributed by atoms with Gasteiger partial charge in [0.1, 0.15) is 11.7 Å². The van der Waals surface area contributed by atoms with E-state index in [0.717, 1.165) is 0 Å². The highest BCUT2D eigenvalue weighted by Gasteiger charge is 2.69. The lowest BCUT2D eigenvalue weighted by Crippen LogP contribution is -2.75. The number of nitrogens with one attached hydrogen (secondary N) is 1. The Hall–Kier alpha value is -3.39. The topological polar surface area (TPSA) is 194 Å². The number of amides is 2. The van der Waals surface area contributed by atoms with Gasteiger partial charge in [-0.1, -0.05) is 0 Å². The third-order valence-corrected chi connectivity index (χ3v) is 8.76. The van der Waals surface area contributed by atoms with Crippen LogP contribution in [0.4, 0.5) is 5.69 Å². The second kappa shape index (κ2) is 10.8. The van der Waals surface area contributed by atoms with Crippen LogP contribution in [0, 0.1) is 23.7 Å². The summed E-state index contributed by atoms with van der Waals surface area (Å²) in [5.74, 6) is -9.88. The molecule has 1 aromatic rings. The summed E-state index contributed by atoms with van der Waals surface area (Å²) >= 11 is 0. The number of aliphatic hydroxyl groups excluding tert-OH is 1. The van der Waals surface area contributed by atoms with Crippen molar-refractivity contribution in [3.8, 4) is 5.75 Å². The number of hydrogen-bond acceptors (Lipinski definition) is 11. The lowest BCUT2D eigenvalue weighted by molar-refractivity contribution is -0.190. The number of rotatable bonds is 7. The first-order chi connectivity index (χ1) is 19.0. The molecular formula is C28H39N5O8. The standard InChI is InChI=1S/C28H39N5O8/c1-31(2)11-17(34)30-10-13-9-16(32(3)4)14-7-12-8-15-21(33(5)6)24(37)20(27(29)40)26(39)28(15,41)25(38)18(12)23(36)19(14)22(13)35/h9,12,15,18,20-21,24,35,37,41H,7-8,10-11H2,1-6H3,(H2,29,40)(H,30,34)/t12-,15-,18?,20?,21?,24?,28-/m1/s1. The minimum atomic E-state index is -2.72. The molecule has 0 heterocycles. The first-order valence-electron chi connectivity index (χ1n) is 13.5. The molecule has 3 aliphatic rings. The molecule has 41 heavy (non-hydrogen) atoms. The first kappa shape index (κ1) is 30.6. The smallest absolute Gasteiger partial charge is 0.234 e. The van der Waals surface area contributed by atoms with Crippen LogP contribution in [0.3, 0.4) is 0 Å². The van der Waals surface area contributed by atoms with Crippen molar-refractivity contribution < 1.29 is 39.3 Å². The van der Waals surface area contributed by atoms with E-state index in [2.05, 4.69) is 5.32 Å². The number of phenols is 1. The molecule has 3 aliphatic carbocycles. The molecule has 2 amide bonds. The van der Waals surface area contributed by atoms with E-state index in [1.54, 1.807) is 63.1 Å². The highest BCUT2D eigenvalue weighted by atomic mass is 16.3. The summed E-state index contributed by atoms with van der Waals surface area (Å²) in [5.41, 5.74) is 4.00. The Labute approximate surface area is 238 Å². The summed E-state index contributed by atoms with van der Waals surface area (Å²) in [6.45, 7) is 0.0429. The van der Waals surface area contributed by atoms with Crippen molar-refractivity contribution in [3.05, 3.63) is 22.8 Å². The fraction of sp³-hybridized carbons (Fsp3) is 0.607. The fourth-order valence-electron chi connectivity index (χ4n) is 6.99. The van der Waals surface area contributed by atoms with Gasteiger partial charge in [0.15, 0.2) is 23.0 Å². The van der Waals surface area contributed by atoms with E-state index in [4.69, 9.17) is 5.73 Å². The Morgan fingerprint density at radius 1 is 1.10 bits per heavy atom. The molecule has 0 aliphatic heterocycles. The van der Waals surface area contributed by atoms with Crippen molar-refractivity contribution in [2.75, 3.05) is 53.7 Å². The summed E-state index contributed by atoms with van der Waals surface area (Å²) in [6.07, 6.45) is -1.34. The number of aromatic hydroxyl groups is 1. The Morgan fingerprint density at radius 3 is 2.27 bits per heavy atom. The maximum atomic E-state index is 14.0. The number of carbonyl (C=O) groups excluding carboxylic acids is 5. The summed E-state index contributed by atoms with van der Waals surface area (Å²) in [5, 5.41) is 36.7. The van der Waals surface area contributed by atoms with Crippen molar-refractivity contribution in [3.63, 3.8) is 0 Å². The van der Waals surface area contributed by atoms with Gasteiger partial charge in [-0.15, -0.1) is 0 Å². The Balaban J connectivity index is 1.81. The van der Waals surface area contributed by atoms with Crippen molar-refractivity contribution in [2.45, 2.75) is 37.1 Å². The van der Waals surface area contributed by atoms with Gasteiger partial charge >= 0.3 is 0 Å². The molecule has 2 saturated carbocycles. The number of likely N-dealkylation sites (N-methyl/N-ethyl adjacent to an activating group) is 2. The number of fused-ring (bicyclic) bond motifs is 3. The molecule has 4 unspecified atom stereocenters. The molecular weight excluding hydrogens is 534 g/mol. The minimum Gasteiger partial charge on any atom is -0.507 e. The molecule has 13 heteroatoms. The van der Waals surface area contributed by atoms with Crippen molar-refractivity contribution in [2.24, 2.45) is 29.4 Å². The van der Waals surface area contributed by atoms with Crippen LogP contribution in [0.25, 0.3) is 0 Å². The fourth-order valence-corrected chi connectivity index (χ4v) is 6.99. The maximum Gasteiger partial charge on any atom is 0.234 e. The molecule has 1 aromatic carbocycles. The largest absolute Gasteiger partial charge is 0.507 e. The quantitative estimate of drug-likeness (QED) is 0.224. The molecule has 0 bridgehead atoms. The van der Waals surface area contributed by atoms with Crippen LogP contribution >= 0.6 is 0 Å². The summed E-state index contributed by atoms with van der Waals surface area (Å²) in [7, 11) is 10.2. The lowest BCUT2D eigenvalue weighted by atomic mass is 9.52. The predicted octanol–water partition coefficient (Wildman–Crippen LogP) is -2.10. The van der Waals surface area contributed by atoms with Gasteiger partial charge in [-0.3, -0.25) is 24.0 Å². The maximum absolute atomic E-state index is 14.0. The van der Waals surface area contributed by atoms with Crippen LogP contribution < -0.4 is 16.0 Å². The number of primary amides is 1. The summed E-state index contributed by atoms with van der Waals surface area (Å²) in [4.78, 5) is 71.0. The number of nitrogens with zero attached hydrogens (tertiary/aromatic N) is 3. The number of carbonyl (C=O) groups is 5. The third-order valence-electron chi connectivity index (χ3n) is 8.76. The van der Waals surface area contributed by atoms with Crippen LogP contribution in [0.15, 0.2) is 6.07 Å². The molecule has 6 N–H and O–H groups in total. The molecule has 4 rings (SSSR count). The van der Waals surface area contributed by atoms with Gasteiger partial charge in [0, 0.05) is 43.9 Å². The number of anilines is 1. The number of aliphatic hydroxyl groups is 2. The zero-order valence-electron chi connectivity index (χ0n) is 24.2. The average molecular weight is 574 g/mol. The van der Waals surface area contributed by atoms with Crippen LogP contribution in [0.2, 0.25) is 0 Å². The van der Waals surface area contributed by atoms with Gasteiger partial charge in [0.25, 0.3) is 0 Å². The van der Waals surface area contributed by atoms with Gasteiger partial charge < -0.3 is 41.1 Å². The number of hydrogen-bond donors (Lipinski definition) is 5. The Bertz CT molecular complexity index is 1310. The van der Waals surface area contributed by atoms with Gasteiger partial charge in [-0.05, 0) is 58.6 Å². The van der Waals surface area contributed by atoms with Gasteiger partial charge in [-0.25, -0.2) is 0 Å². The highest BCUT2D eigenvalue weighted by molar-refractivity contribution is 6.25. The minimum absolute atomic E-state index is 0.0329. The normalized spacial score (nSPS) is 31.0. The monoisotopic (exact) mass is 573 g/mol. The van der Waals surface area contributed by atoms with E-state index < -0.39 is 64.7 Å². The Kier molecular flexibility index (Phi) is 8.04. The number of phenolic OH excluding ortho intramolecular Hbond substituents is 1. The molecule has 7 atom stereocenters. The molecule has 0 spiro atoms. The molecule has 2 fully saturated rings. The first-order valence-corrected chi connectivity index (χ1v) is 13.5. The van der Waals surface area contributed by atoms with Gasteiger partial charge in [0.05, 0.1) is 24.1 Å². The average Bonchev–Trinajstić information content (AvgIpc) is 2.84. The second-order valence-corrected chi connectivity index (χ2v) is 12.1. The van der Waals surface area contributed by atoms with E-state index >= 15 is 0 Å². The number of nitrogens with two attached hydrogens (primary N) is 1.